The van der Waals surface area contributed by atoms with E-state index in [-0.39, 0.29) is 37.9 Å². The molecule has 0 unspecified atom stereocenters. The molecular formula is C30H27Cl2N3O4S. The number of hydrogen-bond acceptors (Lipinski definition) is 4. The van der Waals surface area contributed by atoms with Gasteiger partial charge in [-0.2, -0.15) is 0 Å². The van der Waals surface area contributed by atoms with E-state index in [2.05, 4.69) is 10.6 Å². The fourth-order valence-electron chi connectivity index (χ4n) is 4.05. The minimum absolute atomic E-state index is 0.00308. The van der Waals surface area contributed by atoms with Crippen LogP contribution in [0.5, 0.6) is 0 Å². The van der Waals surface area contributed by atoms with Crippen LogP contribution in [0.3, 0.4) is 0 Å². The van der Waals surface area contributed by atoms with Crippen molar-refractivity contribution in [3.05, 3.63) is 124 Å². The van der Waals surface area contributed by atoms with Crippen molar-refractivity contribution in [3.8, 4) is 0 Å². The number of amides is 2. The van der Waals surface area contributed by atoms with E-state index in [9.17, 15) is 18.0 Å². The van der Waals surface area contributed by atoms with E-state index in [1.807, 2.05) is 44.2 Å². The third-order valence-electron chi connectivity index (χ3n) is 6.12. The van der Waals surface area contributed by atoms with Crippen LogP contribution in [0.2, 0.25) is 10.0 Å². The Morgan fingerprint density at radius 2 is 1.45 bits per heavy atom. The van der Waals surface area contributed by atoms with E-state index in [4.69, 9.17) is 23.2 Å². The average molecular weight is 597 g/mol. The van der Waals surface area contributed by atoms with Gasteiger partial charge in [0.25, 0.3) is 15.9 Å². The number of sulfonamides is 1. The van der Waals surface area contributed by atoms with Gasteiger partial charge in [0.1, 0.15) is 6.54 Å². The Kier molecular flexibility index (Phi) is 9.14. The molecule has 40 heavy (non-hydrogen) atoms. The molecule has 0 radical (unpaired) electrons. The molecule has 2 N–H and O–H groups in total. The Morgan fingerprint density at radius 3 is 2.10 bits per heavy atom. The van der Waals surface area contributed by atoms with Gasteiger partial charge in [0.15, 0.2) is 0 Å². The molecule has 0 saturated heterocycles. The number of rotatable bonds is 9. The molecule has 0 aliphatic rings. The first kappa shape index (κ1) is 29.1. The first-order valence-electron chi connectivity index (χ1n) is 12.3. The Bertz CT molecular complexity index is 1610. The molecule has 10 heteroatoms. The third kappa shape index (κ3) is 7.01. The normalized spacial score (nSPS) is 11.9. The predicted octanol–water partition coefficient (Wildman–Crippen LogP) is 6.63. The second kappa shape index (κ2) is 12.6. The van der Waals surface area contributed by atoms with E-state index in [1.165, 1.54) is 30.3 Å². The lowest BCUT2D eigenvalue weighted by atomic mass is 10.1. The zero-order chi connectivity index (χ0) is 28.9. The maximum absolute atomic E-state index is 13.7. The Hall–Kier alpha value is -3.85. The van der Waals surface area contributed by atoms with E-state index in [1.54, 1.807) is 36.4 Å². The molecule has 0 aromatic heterocycles. The van der Waals surface area contributed by atoms with Crippen LogP contribution in [-0.4, -0.2) is 26.8 Å². The number of hydrogen-bond donors (Lipinski definition) is 2. The second-order valence-corrected chi connectivity index (χ2v) is 11.9. The van der Waals surface area contributed by atoms with Gasteiger partial charge in [0.2, 0.25) is 5.91 Å². The molecular weight excluding hydrogens is 569 g/mol. The lowest BCUT2D eigenvalue weighted by Gasteiger charge is -2.25. The number of carbonyl (C=O) groups is 2. The lowest BCUT2D eigenvalue weighted by Crippen LogP contribution is -2.38. The molecule has 0 spiro atoms. The number of halogens is 2. The fourth-order valence-corrected chi connectivity index (χ4v) is 5.96. The molecule has 0 aliphatic heterocycles. The summed E-state index contributed by atoms with van der Waals surface area (Å²) in [5, 5.41) is 6.04. The zero-order valence-corrected chi connectivity index (χ0v) is 24.1. The highest BCUT2D eigenvalue weighted by atomic mass is 35.5. The van der Waals surface area contributed by atoms with Crippen LogP contribution in [0, 0.1) is 6.92 Å². The van der Waals surface area contributed by atoms with Gasteiger partial charge in [-0.25, -0.2) is 8.42 Å². The molecule has 0 heterocycles. The largest absolute Gasteiger partial charge is 0.345 e. The number of anilines is 2. The number of benzene rings is 4. The van der Waals surface area contributed by atoms with Crippen molar-refractivity contribution in [1.82, 2.24) is 5.32 Å². The standard InChI is InChI=1S/C30H27Cl2N3O4S/c1-20-12-14-26(15-13-20)40(38,39)35(25-17-23(31)16-24(32)18-25)19-29(36)34-28-11-7-6-10-27(28)30(37)33-21(2)22-8-4-3-5-9-22/h3-18,21H,19H2,1-2H3,(H,33,37)(H,34,36)/t21-/m1/s1. The van der Waals surface area contributed by atoms with Crippen LogP contribution in [0.4, 0.5) is 11.4 Å². The molecule has 2 amide bonds. The molecule has 0 fully saturated rings. The SMILES string of the molecule is Cc1ccc(S(=O)(=O)N(CC(=O)Nc2ccccc2C(=O)N[C@H](C)c2ccccc2)c2cc(Cl)cc(Cl)c2)cc1. The summed E-state index contributed by atoms with van der Waals surface area (Å²) in [6, 6.07) is 26.3. The van der Waals surface area contributed by atoms with E-state index in [0.717, 1.165) is 15.4 Å². The molecule has 206 valence electrons. The molecule has 7 nitrogen and oxygen atoms in total. The maximum atomic E-state index is 13.7. The Labute approximate surface area is 243 Å². The molecule has 0 aliphatic carbocycles. The first-order valence-corrected chi connectivity index (χ1v) is 14.5. The smallest absolute Gasteiger partial charge is 0.264 e. The van der Waals surface area contributed by atoms with Gasteiger partial charge in [-0.05, 0) is 61.9 Å². The summed E-state index contributed by atoms with van der Waals surface area (Å²) in [4.78, 5) is 26.4. The van der Waals surface area contributed by atoms with Crippen LogP contribution in [0.15, 0.2) is 102 Å². The van der Waals surface area contributed by atoms with Gasteiger partial charge in [0.05, 0.1) is 27.9 Å². The number of carbonyl (C=O) groups excluding carboxylic acids is 2. The summed E-state index contributed by atoms with van der Waals surface area (Å²) in [6.07, 6.45) is 0. The van der Waals surface area contributed by atoms with E-state index < -0.39 is 28.4 Å². The number of para-hydroxylation sites is 1. The molecule has 4 rings (SSSR count). The molecule has 1 atom stereocenters. The second-order valence-electron chi connectivity index (χ2n) is 9.15. The summed E-state index contributed by atoms with van der Waals surface area (Å²) in [7, 11) is -4.19. The first-order chi connectivity index (χ1) is 19.0. The highest BCUT2D eigenvalue weighted by molar-refractivity contribution is 7.92. The van der Waals surface area contributed by atoms with Crippen LogP contribution >= 0.6 is 23.2 Å². The van der Waals surface area contributed by atoms with Crippen molar-refractivity contribution in [1.29, 1.82) is 0 Å². The maximum Gasteiger partial charge on any atom is 0.264 e. The van der Waals surface area contributed by atoms with E-state index >= 15 is 0 Å². The lowest BCUT2D eigenvalue weighted by molar-refractivity contribution is -0.114. The van der Waals surface area contributed by atoms with Crippen molar-refractivity contribution in [2.24, 2.45) is 0 Å². The molecule has 0 bridgehead atoms. The van der Waals surface area contributed by atoms with Gasteiger partial charge >= 0.3 is 0 Å². The zero-order valence-electron chi connectivity index (χ0n) is 21.8. The Morgan fingerprint density at radius 1 is 0.850 bits per heavy atom. The minimum Gasteiger partial charge on any atom is -0.345 e. The summed E-state index contributed by atoms with van der Waals surface area (Å²) >= 11 is 12.3. The van der Waals surface area contributed by atoms with Crippen molar-refractivity contribution < 1.29 is 18.0 Å². The highest BCUT2D eigenvalue weighted by Crippen LogP contribution is 2.30. The topological polar surface area (TPSA) is 95.6 Å². The quantitative estimate of drug-likeness (QED) is 0.227. The van der Waals surface area contributed by atoms with Crippen LogP contribution in [0.1, 0.15) is 34.5 Å². The summed E-state index contributed by atoms with van der Waals surface area (Å²) in [6.45, 7) is 3.11. The minimum atomic E-state index is -4.19. The van der Waals surface area contributed by atoms with Crippen LogP contribution in [-0.2, 0) is 14.8 Å². The Balaban J connectivity index is 1.60. The number of nitrogens with zero attached hydrogens (tertiary/aromatic N) is 1. The monoisotopic (exact) mass is 595 g/mol. The fraction of sp³-hybridized carbons (Fsp3) is 0.133. The summed E-state index contributed by atoms with van der Waals surface area (Å²) in [5.41, 5.74) is 2.40. The van der Waals surface area contributed by atoms with Gasteiger partial charge in [0, 0.05) is 10.0 Å². The highest BCUT2D eigenvalue weighted by Gasteiger charge is 2.28. The van der Waals surface area contributed by atoms with E-state index in [0.29, 0.717) is 0 Å². The van der Waals surface area contributed by atoms with Gasteiger partial charge in [-0.15, -0.1) is 0 Å². The predicted molar refractivity (Wildman–Crippen MR) is 160 cm³/mol. The van der Waals surface area contributed by atoms with Gasteiger partial charge in [-0.1, -0.05) is 83.4 Å². The molecule has 4 aromatic carbocycles. The number of nitrogens with one attached hydrogen (secondary N) is 2. The van der Waals surface area contributed by atoms with Crippen LogP contribution < -0.4 is 14.9 Å². The molecule has 4 aromatic rings. The number of aryl methyl sites for hydroxylation is 1. The third-order valence-corrected chi connectivity index (χ3v) is 8.35. The van der Waals surface area contributed by atoms with Crippen molar-refractivity contribution in [3.63, 3.8) is 0 Å². The van der Waals surface area contributed by atoms with Gasteiger partial charge in [-0.3, -0.25) is 13.9 Å². The molecule has 0 saturated carbocycles. The van der Waals surface area contributed by atoms with Gasteiger partial charge < -0.3 is 10.6 Å². The van der Waals surface area contributed by atoms with Crippen molar-refractivity contribution >= 4 is 56.4 Å². The van der Waals surface area contributed by atoms with Crippen LogP contribution in [0.25, 0.3) is 0 Å². The summed E-state index contributed by atoms with van der Waals surface area (Å²) in [5.74, 6) is -1.05. The van der Waals surface area contributed by atoms with Crippen molar-refractivity contribution in [2.45, 2.75) is 24.8 Å². The van der Waals surface area contributed by atoms with Crippen molar-refractivity contribution in [2.75, 3.05) is 16.2 Å². The summed E-state index contributed by atoms with van der Waals surface area (Å²) < 4.78 is 28.3. The average Bonchev–Trinajstić information content (AvgIpc) is 2.92.